The molecule has 1 fully saturated rings. The number of fused-ring (bicyclic) bond motifs is 1. The van der Waals surface area contributed by atoms with E-state index in [0.717, 1.165) is 29.3 Å². The Morgan fingerprint density at radius 2 is 1.73 bits per heavy atom. The second-order valence-electron chi connectivity index (χ2n) is 7.45. The number of nitrogens with two attached hydrogens (primary N) is 1. The Hall–Kier alpha value is -2.28. The molecule has 0 bridgehead atoms. The predicted molar refractivity (Wildman–Crippen MR) is 122 cm³/mol. The first kappa shape index (κ1) is 21.0. The molecule has 6 nitrogen and oxygen atoms in total. The summed E-state index contributed by atoms with van der Waals surface area (Å²) in [6.07, 6.45) is 6.22. The number of nitrogens with one attached hydrogen (secondary N) is 1. The Balaban J connectivity index is 1.70. The third-order valence-corrected chi connectivity index (χ3v) is 6.33. The molecule has 0 aliphatic heterocycles. The number of rotatable bonds is 5. The number of hydrogen-bond donors (Lipinski definition) is 2. The predicted octanol–water partition coefficient (Wildman–Crippen LogP) is 5.30. The highest BCUT2D eigenvalue weighted by Crippen LogP contribution is 2.46. The van der Waals surface area contributed by atoms with E-state index in [1.807, 2.05) is 18.2 Å². The Morgan fingerprint density at radius 3 is 2.40 bits per heavy atom. The summed E-state index contributed by atoms with van der Waals surface area (Å²) in [4.78, 5) is 9.15. The lowest BCUT2D eigenvalue weighted by Crippen LogP contribution is -2.42. The number of methoxy groups -OCH3 is 2. The summed E-state index contributed by atoms with van der Waals surface area (Å²) in [6.45, 7) is 0. The molecule has 4 rings (SSSR count). The number of halogens is 2. The van der Waals surface area contributed by atoms with Crippen molar-refractivity contribution in [3.63, 3.8) is 0 Å². The summed E-state index contributed by atoms with van der Waals surface area (Å²) in [5, 5.41) is 5.12. The fourth-order valence-electron chi connectivity index (χ4n) is 3.90. The Bertz CT molecular complexity index is 1050. The Labute approximate surface area is 185 Å². The number of nitrogens with zero attached hydrogens (tertiary/aromatic N) is 2. The molecule has 0 saturated heterocycles. The summed E-state index contributed by atoms with van der Waals surface area (Å²) in [5.41, 5.74) is 8.53. The normalized spacial score (nSPS) is 19.0. The van der Waals surface area contributed by atoms with E-state index in [-0.39, 0.29) is 12.1 Å². The first-order valence-electron chi connectivity index (χ1n) is 9.91. The lowest BCUT2D eigenvalue weighted by atomic mass is 9.91. The van der Waals surface area contributed by atoms with Crippen LogP contribution in [0.3, 0.4) is 0 Å². The molecule has 2 aromatic carbocycles. The number of benzene rings is 2. The first-order valence-corrected chi connectivity index (χ1v) is 10.7. The maximum Gasteiger partial charge on any atom is 0.223 e. The van der Waals surface area contributed by atoms with Crippen LogP contribution in [0, 0.1) is 0 Å². The van der Waals surface area contributed by atoms with Crippen molar-refractivity contribution < 1.29 is 9.47 Å². The monoisotopic (exact) mass is 446 g/mol. The molecule has 0 unspecified atom stereocenters. The van der Waals surface area contributed by atoms with Gasteiger partial charge in [0.15, 0.2) is 0 Å². The number of ether oxygens (including phenoxy) is 2. The van der Waals surface area contributed by atoms with Crippen molar-refractivity contribution >= 4 is 40.1 Å². The van der Waals surface area contributed by atoms with Gasteiger partial charge in [0, 0.05) is 35.3 Å². The van der Waals surface area contributed by atoms with Crippen LogP contribution in [0.4, 0.5) is 5.95 Å². The van der Waals surface area contributed by atoms with Gasteiger partial charge >= 0.3 is 0 Å². The van der Waals surface area contributed by atoms with E-state index < -0.39 is 0 Å². The summed E-state index contributed by atoms with van der Waals surface area (Å²) >= 11 is 13.1. The molecule has 3 aromatic rings. The molecule has 8 heteroatoms. The zero-order valence-electron chi connectivity index (χ0n) is 16.9. The van der Waals surface area contributed by atoms with Gasteiger partial charge < -0.3 is 20.5 Å². The van der Waals surface area contributed by atoms with Crippen molar-refractivity contribution in [2.75, 3.05) is 19.5 Å². The van der Waals surface area contributed by atoms with Crippen LogP contribution in [0.15, 0.2) is 30.5 Å². The van der Waals surface area contributed by atoms with Crippen molar-refractivity contribution in [1.82, 2.24) is 9.97 Å². The van der Waals surface area contributed by atoms with Crippen LogP contribution in [-0.2, 0) is 0 Å². The van der Waals surface area contributed by atoms with Crippen molar-refractivity contribution in [3.05, 3.63) is 40.5 Å². The van der Waals surface area contributed by atoms with Crippen LogP contribution < -0.4 is 20.5 Å². The molecule has 0 amide bonds. The van der Waals surface area contributed by atoms with Gasteiger partial charge in [-0.05, 0) is 30.5 Å². The van der Waals surface area contributed by atoms with Crippen LogP contribution in [-0.4, -0.2) is 36.3 Å². The minimum Gasteiger partial charge on any atom is -0.495 e. The molecule has 1 heterocycles. The van der Waals surface area contributed by atoms with Crippen LogP contribution in [0.5, 0.6) is 11.5 Å². The van der Waals surface area contributed by atoms with Crippen molar-refractivity contribution in [2.24, 2.45) is 5.73 Å². The molecular weight excluding hydrogens is 423 g/mol. The van der Waals surface area contributed by atoms with E-state index in [0.29, 0.717) is 33.1 Å². The van der Waals surface area contributed by atoms with Crippen molar-refractivity contribution in [3.8, 4) is 22.6 Å². The van der Waals surface area contributed by atoms with Crippen LogP contribution in [0.25, 0.3) is 22.0 Å². The van der Waals surface area contributed by atoms with E-state index in [9.17, 15) is 0 Å². The lowest BCUT2D eigenvalue weighted by Gasteiger charge is -2.29. The Morgan fingerprint density at radius 1 is 1.03 bits per heavy atom. The van der Waals surface area contributed by atoms with Gasteiger partial charge in [-0.2, -0.15) is 0 Å². The van der Waals surface area contributed by atoms with E-state index in [1.54, 1.807) is 26.5 Å². The highest BCUT2D eigenvalue weighted by Gasteiger charge is 2.22. The number of aromatic nitrogens is 2. The smallest absolute Gasteiger partial charge is 0.223 e. The molecule has 1 aliphatic carbocycles. The highest BCUT2D eigenvalue weighted by atomic mass is 35.5. The Kier molecular flexibility index (Phi) is 6.18. The van der Waals surface area contributed by atoms with E-state index >= 15 is 0 Å². The highest BCUT2D eigenvalue weighted by molar-refractivity contribution is 6.41. The first-order chi connectivity index (χ1) is 14.5. The molecule has 30 heavy (non-hydrogen) atoms. The molecule has 0 spiro atoms. The summed E-state index contributed by atoms with van der Waals surface area (Å²) in [7, 11) is 3.11. The number of hydrogen-bond acceptors (Lipinski definition) is 6. The molecule has 158 valence electrons. The topological polar surface area (TPSA) is 82.3 Å². The summed E-state index contributed by atoms with van der Waals surface area (Å²) in [5.74, 6) is 1.58. The average molecular weight is 447 g/mol. The van der Waals surface area contributed by atoms with Crippen LogP contribution >= 0.6 is 23.2 Å². The summed E-state index contributed by atoms with van der Waals surface area (Å²) < 4.78 is 10.7. The minimum atomic E-state index is 0.132. The van der Waals surface area contributed by atoms with Crippen molar-refractivity contribution in [1.29, 1.82) is 0 Å². The summed E-state index contributed by atoms with van der Waals surface area (Å²) in [6, 6.07) is 7.82. The quantitative estimate of drug-likeness (QED) is 0.552. The van der Waals surface area contributed by atoms with Crippen LogP contribution in [0.2, 0.25) is 10.0 Å². The van der Waals surface area contributed by atoms with Gasteiger partial charge in [0.1, 0.15) is 11.5 Å². The SMILES string of the molecule is COc1cc(OC)c(Cl)c(-c2ccc3nc(N[C@@H]4CCCC[C@@H]4N)ncc3c2)c1Cl. The van der Waals surface area contributed by atoms with Gasteiger partial charge in [-0.15, -0.1) is 0 Å². The van der Waals surface area contributed by atoms with E-state index in [1.165, 1.54) is 12.8 Å². The second-order valence-corrected chi connectivity index (χ2v) is 8.21. The van der Waals surface area contributed by atoms with Gasteiger partial charge in [-0.3, -0.25) is 0 Å². The molecule has 3 N–H and O–H groups in total. The zero-order valence-corrected chi connectivity index (χ0v) is 18.4. The van der Waals surface area contributed by atoms with Gasteiger partial charge in [-0.1, -0.05) is 42.1 Å². The van der Waals surface area contributed by atoms with Crippen molar-refractivity contribution in [2.45, 2.75) is 37.8 Å². The molecular formula is C22H24Cl2N4O2. The average Bonchev–Trinajstić information content (AvgIpc) is 2.76. The van der Waals surface area contributed by atoms with Gasteiger partial charge in [0.05, 0.1) is 29.8 Å². The second kappa shape index (κ2) is 8.84. The molecule has 1 aliphatic rings. The maximum absolute atomic E-state index is 6.56. The molecule has 1 saturated carbocycles. The maximum atomic E-state index is 6.56. The van der Waals surface area contributed by atoms with Crippen LogP contribution in [0.1, 0.15) is 25.7 Å². The van der Waals surface area contributed by atoms with E-state index in [2.05, 4.69) is 15.3 Å². The largest absolute Gasteiger partial charge is 0.495 e. The van der Waals surface area contributed by atoms with Gasteiger partial charge in [0.25, 0.3) is 0 Å². The van der Waals surface area contributed by atoms with Gasteiger partial charge in [-0.25, -0.2) is 9.97 Å². The third-order valence-electron chi connectivity index (χ3n) is 5.58. The van der Waals surface area contributed by atoms with Gasteiger partial charge in [0.2, 0.25) is 5.95 Å². The third kappa shape index (κ3) is 4.00. The molecule has 2 atom stereocenters. The molecule has 0 radical (unpaired) electrons. The molecule has 1 aromatic heterocycles. The standard InChI is InChI=1S/C22H24Cl2N4O2/c1-29-17-10-18(30-2)21(24)19(20(17)23)12-7-8-15-13(9-12)11-26-22(27-15)28-16-6-4-3-5-14(16)25/h7-11,14,16H,3-6,25H2,1-2H3,(H,26,27,28)/t14-,16+/m0/s1. The zero-order chi connectivity index (χ0) is 21.3. The minimum absolute atomic E-state index is 0.132. The number of anilines is 1. The lowest BCUT2D eigenvalue weighted by molar-refractivity contribution is 0.395. The fourth-order valence-corrected chi connectivity index (χ4v) is 4.62. The van der Waals surface area contributed by atoms with E-state index in [4.69, 9.17) is 38.4 Å². The fraction of sp³-hybridized carbons (Fsp3) is 0.364.